The van der Waals surface area contributed by atoms with Gasteiger partial charge in [-0.05, 0) is 36.5 Å². The molecule has 1 aliphatic rings. The van der Waals surface area contributed by atoms with Gasteiger partial charge in [-0.25, -0.2) is 4.39 Å². The van der Waals surface area contributed by atoms with Gasteiger partial charge >= 0.3 is 0 Å². The molecule has 4 heteroatoms. The molecule has 1 aromatic rings. The van der Waals surface area contributed by atoms with Gasteiger partial charge in [-0.15, -0.1) is 0 Å². The molecule has 0 heterocycles. The molecule has 1 atom stereocenters. The highest BCUT2D eigenvalue weighted by Gasteiger charge is 2.44. The third-order valence-corrected chi connectivity index (χ3v) is 3.48. The Hall–Kier alpha value is -0.640. The third-order valence-electron chi connectivity index (χ3n) is 3.24. The largest absolute Gasteiger partial charge is 0.387 e. The summed E-state index contributed by atoms with van der Waals surface area (Å²) in [5.74, 6) is -0.148. The van der Waals surface area contributed by atoms with Crippen molar-refractivity contribution in [1.82, 2.24) is 0 Å². The van der Waals surface area contributed by atoms with Crippen molar-refractivity contribution in [3.63, 3.8) is 0 Å². The molecule has 0 aliphatic heterocycles. The first-order valence-electron chi connectivity index (χ1n) is 5.70. The highest BCUT2D eigenvalue weighted by atomic mass is 35.5. The van der Waals surface area contributed by atoms with Crippen LogP contribution in [0.15, 0.2) is 18.2 Å². The molecule has 1 fully saturated rings. The van der Waals surface area contributed by atoms with Crippen LogP contribution in [0.1, 0.15) is 18.4 Å². The minimum Gasteiger partial charge on any atom is -0.387 e. The van der Waals surface area contributed by atoms with Gasteiger partial charge in [-0.2, -0.15) is 0 Å². The average Bonchev–Trinajstić information content (AvgIpc) is 3.06. The zero-order valence-electron chi connectivity index (χ0n) is 9.75. The van der Waals surface area contributed by atoms with E-state index in [4.69, 9.17) is 16.3 Å². The van der Waals surface area contributed by atoms with Crippen LogP contribution in [0.2, 0.25) is 5.02 Å². The van der Waals surface area contributed by atoms with Crippen LogP contribution >= 0.6 is 11.6 Å². The molecule has 1 aliphatic carbocycles. The second-order valence-corrected chi connectivity index (χ2v) is 5.16. The summed E-state index contributed by atoms with van der Waals surface area (Å²) in [5.41, 5.74) is -0.468. The number of aliphatic hydroxyl groups is 1. The molecule has 1 aromatic carbocycles. The maximum absolute atomic E-state index is 13.7. The van der Waals surface area contributed by atoms with Gasteiger partial charge in [0.2, 0.25) is 0 Å². The summed E-state index contributed by atoms with van der Waals surface area (Å²) in [5, 5.41) is 10.8. The van der Waals surface area contributed by atoms with E-state index in [9.17, 15) is 9.50 Å². The normalized spacial score (nSPS) is 19.1. The van der Waals surface area contributed by atoms with Crippen LogP contribution < -0.4 is 0 Å². The van der Waals surface area contributed by atoms with Crippen molar-refractivity contribution in [2.45, 2.75) is 24.9 Å². The standard InChI is InChI=1S/C13H16ClFO2/c1-17-8-13(16,10-3-4-10)7-9-2-5-11(14)6-12(9)15/h2,5-6,10,16H,3-4,7-8H2,1H3. The zero-order chi connectivity index (χ0) is 12.5. The van der Waals surface area contributed by atoms with Crippen LogP contribution in [0.3, 0.4) is 0 Å². The van der Waals surface area contributed by atoms with Crippen LogP contribution in [-0.4, -0.2) is 24.4 Å². The molecule has 0 radical (unpaired) electrons. The Bertz CT molecular complexity index is 406. The molecular formula is C13H16ClFO2. The monoisotopic (exact) mass is 258 g/mol. The second kappa shape index (κ2) is 4.92. The molecule has 1 saturated carbocycles. The number of hydrogen-bond acceptors (Lipinski definition) is 2. The highest BCUT2D eigenvalue weighted by molar-refractivity contribution is 6.30. The molecule has 1 N–H and O–H groups in total. The lowest BCUT2D eigenvalue weighted by atomic mass is 9.90. The molecule has 17 heavy (non-hydrogen) atoms. The number of halogens is 2. The van der Waals surface area contributed by atoms with E-state index in [2.05, 4.69) is 0 Å². The highest BCUT2D eigenvalue weighted by Crippen LogP contribution is 2.42. The smallest absolute Gasteiger partial charge is 0.127 e. The Balaban J connectivity index is 2.17. The second-order valence-electron chi connectivity index (χ2n) is 4.72. The first-order chi connectivity index (χ1) is 8.05. The molecule has 0 amide bonds. The van der Waals surface area contributed by atoms with Gasteiger partial charge in [0, 0.05) is 18.6 Å². The lowest BCUT2D eigenvalue weighted by Gasteiger charge is -2.27. The first kappa shape index (κ1) is 12.8. The van der Waals surface area contributed by atoms with Gasteiger partial charge < -0.3 is 9.84 Å². The number of methoxy groups -OCH3 is 1. The molecule has 2 rings (SSSR count). The summed E-state index contributed by atoms with van der Waals surface area (Å²) in [6.07, 6.45) is 2.23. The predicted molar refractivity (Wildman–Crippen MR) is 64.7 cm³/mol. The third kappa shape index (κ3) is 2.97. The maximum Gasteiger partial charge on any atom is 0.127 e. The van der Waals surface area contributed by atoms with Crippen molar-refractivity contribution in [3.8, 4) is 0 Å². The Labute approximate surface area is 105 Å². The van der Waals surface area contributed by atoms with Crippen molar-refractivity contribution in [1.29, 1.82) is 0 Å². The molecule has 0 bridgehead atoms. The van der Waals surface area contributed by atoms with E-state index in [1.165, 1.54) is 6.07 Å². The van der Waals surface area contributed by atoms with E-state index >= 15 is 0 Å². The van der Waals surface area contributed by atoms with Crippen LogP contribution in [0.5, 0.6) is 0 Å². The van der Waals surface area contributed by atoms with Gasteiger partial charge in [0.25, 0.3) is 0 Å². The van der Waals surface area contributed by atoms with E-state index in [1.807, 2.05) is 0 Å². The van der Waals surface area contributed by atoms with Crippen molar-refractivity contribution in [3.05, 3.63) is 34.6 Å². The topological polar surface area (TPSA) is 29.5 Å². The lowest BCUT2D eigenvalue weighted by Crippen LogP contribution is -2.39. The first-order valence-corrected chi connectivity index (χ1v) is 6.08. The molecule has 94 valence electrons. The van der Waals surface area contributed by atoms with Gasteiger partial charge in [0.1, 0.15) is 5.82 Å². The van der Waals surface area contributed by atoms with E-state index in [0.717, 1.165) is 12.8 Å². The number of rotatable bonds is 5. The van der Waals surface area contributed by atoms with Gasteiger partial charge in [0.15, 0.2) is 0 Å². The van der Waals surface area contributed by atoms with Gasteiger partial charge in [-0.3, -0.25) is 0 Å². The fourth-order valence-electron chi connectivity index (χ4n) is 2.18. The fourth-order valence-corrected chi connectivity index (χ4v) is 2.34. The SMILES string of the molecule is COCC(O)(Cc1ccc(Cl)cc1F)C1CC1. The molecule has 2 nitrogen and oxygen atoms in total. The van der Waals surface area contributed by atoms with Crippen molar-refractivity contribution in [2.75, 3.05) is 13.7 Å². The van der Waals surface area contributed by atoms with Gasteiger partial charge in [0.05, 0.1) is 12.2 Å². The Kier molecular flexibility index (Phi) is 3.71. The molecular weight excluding hydrogens is 243 g/mol. The fraction of sp³-hybridized carbons (Fsp3) is 0.538. The van der Waals surface area contributed by atoms with E-state index in [-0.39, 0.29) is 24.8 Å². The van der Waals surface area contributed by atoms with E-state index in [1.54, 1.807) is 19.2 Å². The number of benzene rings is 1. The number of ether oxygens (including phenoxy) is 1. The quantitative estimate of drug-likeness (QED) is 0.880. The minimum absolute atomic E-state index is 0.220. The minimum atomic E-state index is -0.955. The summed E-state index contributed by atoms with van der Waals surface area (Å²) >= 11 is 5.70. The zero-order valence-corrected chi connectivity index (χ0v) is 10.5. The number of hydrogen-bond donors (Lipinski definition) is 1. The lowest BCUT2D eigenvalue weighted by molar-refractivity contribution is -0.0479. The Morgan fingerprint density at radius 2 is 2.24 bits per heavy atom. The van der Waals surface area contributed by atoms with Crippen LogP contribution in [0, 0.1) is 11.7 Å². The predicted octanol–water partition coefficient (Wildman–Crippen LogP) is 2.81. The molecule has 0 saturated heterocycles. The summed E-state index contributed by atoms with van der Waals surface area (Å²) in [4.78, 5) is 0. The summed E-state index contributed by atoms with van der Waals surface area (Å²) < 4.78 is 18.7. The average molecular weight is 259 g/mol. The summed E-state index contributed by atoms with van der Waals surface area (Å²) in [6, 6.07) is 4.54. The van der Waals surface area contributed by atoms with Crippen molar-refractivity contribution < 1.29 is 14.2 Å². The summed E-state index contributed by atoms with van der Waals surface area (Å²) in [6.45, 7) is 0.236. The van der Waals surface area contributed by atoms with Crippen molar-refractivity contribution >= 4 is 11.6 Å². The molecule has 1 unspecified atom stereocenters. The van der Waals surface area contributed by atoms with Crippen LogP contribution in [0.25, 0.3) is 0 Å². The summed E-state index contributed by atoms with van der Waals surface area (Å²) in [7, 11) is 1.55. The van der Waals surface area contributed by atoms with E-state index in [0.29, 0.717) is 10.6 Å². The molecule has 0 spiro atoms. The van der Waals surface area contributed by atoms with Crippen LogP contribution in [-0.2, 0) is 11.2 Å². The maximum atomic E-state index is 13.7. The van der Waals surface area contributed by atoms with Crippen molar-refractivity contribution in [2.24, 2.45) is 5.92 Å². The van der Waals surface area contributed by atoms with Crippen LogP contribution in [0.4, 0.5) is 4.39 Å². The Morgan fingerprint density at radius 1 is 1.53 bits per heavy atom. The molecule has 0 aromatic heterocycles. The van der Waals surface area contributed by atoms with Gasteiger partial charge in [-0.1, -0.05) is 17.7 Å². The van der Waals surface area contributed by atoms with E-state index < -0.39 is 5.60 Å². The Morgan fingerprint density at radius 3 is 2.76 bits per heavy atom.